The fraction of sp³-hybridized carbons (Fsp3) is 0.588. The number of fused-ring (bicyclic) bond motifs is 1. The van der Waals surface area contributed by atoms with Crippen LogP contribution in [0, 0.1) is 0 Å². The summed E-state index contributed by atoms with van der Waals surface area (Å²) >= 11 is 0. The van der Waals surface area contributed by atoms with Crippen molar-refractivity contribution in [2.45, 2.75) is 37.8 Å². The molecule has 0 aromatic heterocycles. The molecular weight excluding hydrogens is 278 g/mol. The van der Waals surface area contributed by atoms with E-state index in [1.165, 1.54) is 0 Å². The van der Waals surface area contributed by atoms with Gasteiger partial charge in [0.25, 0.3) is 0 Å². The number of hydrogen-bond donors (Lipinski definition) is 2. The topological polar surface area (TPSA) is 67.6 Å². The lowest BCUT2D eigenvalue weighted by molar-refractivity contribution is -0.123. The lowest BCUT2D eigenvalue weighted by Crippen LogP contribution is -2.43. The van der Waals surface area contributed by atoms with Crippen molar-refractivity contribution in [2.24, 2.45) is 5.73 Å². The number of ether oxygens (including phenoxy) is 1. The summed E-state index contributed by atoms with van der Waals surface area (Å²) in [5.74, 6) is 0.796. The highest BCUT2D eigenvalue weighted by Crippen LogP contribution is 2.31. The quantitative estimate of drug-likeness (QED) is 0.752. The van der Waals surface area contributed by atoms with Gasteiger partial charge in [-0.1, -0.05) is 24.6 Å². The molecule has 1 aromatic rings. The van der Waals surface area contributed by atoms with Crippen molar-refractivity contribution in [3.05, 3.63) is 29.8 Å². The number of rotatable bonds is 7. The van der Waals surface area contributed by atoms with Crippen molar-refractivity contribution < 1.29 is 9.53 Å². The van der Waals surface area contributed by atoms with Gasteiger partial charge in [-0.2, -0.15) is 0 Å². The molecule has 5 nitrogen and oxygen atoms in total. The van der Waals surface area contributed by atoms with Crippen LogP contribution < -0.4 is 15.8 Å². The summed E-state index contributed by atoms with van der Waals surface area (Å²) in [5, 5.41) is 3.07. The summed E-state index contributed by atoms with van der Waals surface area (Å²) in [7, 11) is 4.10. The average molecular weight is 305 g/mol. The second-order valence-electron chi connectivity index (χ2n) is 6.14. The van der Waals surface area contributed by atoms with Crippen LogP contribution >= 0.6 is 0 Å². The highest BCUT2D eigenvalue weighted by atomic mass is 16.5. The molecule has 0 fully saturated rings. The molecule has 0 saturated heterocycles. The summed E-state index contributed by atoms with van der Waals surface area (Å²) in [6.07, 6.45) is 3.55. The highest BCUT2D eigenvalue weighted by molar-refractivity contribution is 5.82. The third-order valence-corrected chi connectivity index (χ3v) is 3.98. The minimum Gasteiger partial charge on any atom is -0.493 e. The minimum atomic E-state index is -0.433. The third-order valence-electron chi connectivity index (χ3n) is 3.98. The zero-order chi connectivity index (χ0) is 15.9. The Labute approximate surface area is 132 Å². The first kappa shape index (κ1) is 16.8. The van der Waals surface area contributed by atoms with Gasteiger partial charge in [-0.25, -0.2) is 0 Å². The number of benzene rings is 1. The molecule has 0 aliphatic carbocycles. The number of nitrogens with one attached hydrogen (secondary N) is 1. The molecule has 0 radical (unpaired) electrons. The van der Waals surface area contributed by atoms with E-state index in [2.05, 4.69) is 24.3 Å². The number of nitrogens with two attached hydrogens (primary N) is 1. The fourth-order valence-corrected chi connectivity index (χ4v) is 2.69. The Balaban J connectivity index is 1.82. The van der Waals surface area contributed by atoms with Gasteiger partial charge < -0.3 is 20.7 Å². The van der Waals surface area contributed by atoms with E-state index in [0.717, 1.165) is 43.5 Å². The van der Waals surface area contributed by atoms with E-state index in [1.807, 2.05) is 24.3 Å². The SMILES string of the molecule is CN(C)CCCC[C@H](N)C(=O)N[C@@H]1CCOc2ccccc21. The Morgan fingerprint density at radius 1 is 1.41 bits per heavy atom. The lowest BCUT2D eigenvalue weighted by atomic mass is 10.00. The van der Waals surface area contributed by atoms with Crippen LogP contribution in [0.25, 0.3) is 0 Å². The zero-order valence-electron chi connectivity index (χ0n) is 13.5. The molecule has 5 heteroatoms. The number of carbonyl (C=O) groups excluding carboxylic acids is 1. The highest BCUT2D eigenvalue weighted by Gasteiger charge is 2.24. The first-order valence-corrected chi connectivity index (χ1v) is 8.00. The van der Waals surface area contributed by atoms with Crippen molar-refractivity contribution in [2.75, 3.05) is 27.2 Å². The van der Waals surface area contributed by atoms with Crippen LogP contribution in [0.2, 0.25) is 0 Å². The normalized spacial score (nSPS) is 18.5. The molecule has 0 bridgehead atoms. The Kier molecular flexibility index (Phi) is 6.21. The number of amides is 1. The number of nitrogens with zero attached hydrogens (tertiary/aromatic N) is 1. The molecule has 0 saturated carbocycles. The molecule has 22 heavy (non-hydrogen) atoms. The molecule has 0 unspecified atom stereocenters. The Morgan fingerprint density at radius 2 is 2.18 bits per heavy atom. The second kappa shape index (κ2) is 8.15. The number of hydrogen-bond acceptors (Lipinski definition) is 4. The Morgan fingerprint density at radius 3 is 2.95 bits per heavy atom. The first-order valence-electron chi connectivity index (χ1n) is 8.00. The fourth-order valence-electron chi connectivity index (χ4n) is 2.69. The van der Waals surface area contributed by atoms with Gasteiger partial charge in [0.05, 0.1) is 18.7 Å². The van der Waals surface area contributed by atoms with E-state index in [-0.39, 0.29) is 11.9 Å². The summed E-state index contributed by atoms with van der Waals surface area (Å²) < 4.78 is 5.61. The number of carbonyl (C=O) groups is 1. The third kappa shape index (κ3) is 4.71. The molecule has 3 N–H and O–H groups in total. The van der Waals surface area contributed by atoms with E-state index in [1.54, 1.807) is 0 Å². The molecule has 1 aliphatic heterocycles. The molecule has 1 aromatic carbocycles. The lowest BCUT2D eigenvalue weighted by Gasteiger charge is -2.27. The zero-order valence-corrected chi connectivity index (χ0v) is 13.5. The van der Waals surface area contributed by atoms with Gasteiger partial charge >= 0.3 is 0 Å². The molecule has 1 aliphatic rings. The van der Waals surface area contributed by atoms with Crippen molar-refractivity contribution in [3.63, 3.8) is 0 Å². The van der Waals surface area contributed by atoms with E-state index >= 15 is 0 Å². The van der Waals surface area contributed by atoms with E-state index in [0.29, 0.717) is 6.61 Å². The maximum Gasteiger partial charge on any atom is 0.237 e. The first-order chi connectivity index (χ1) is 10.6. The summed E-state index contributed by atoms with van der Waals surface area (Å²) in [5.41, 5.74) is 7.06. The summed E-state index contributed by atoms with van der Waals surface area (Å²) in [4.78, 5) is 14.4. The molecule has 122 valence electrons. The van der Waals surface area contributed by atoms with Crippen LogP contribution in [-0.2, 0) is 4.79 Å². The second-order valence-corrected chi connectivity index (χ2v) is 6.14. The van der Waals surface area contributed by atoms with Crippen molar-refractivity contribution in [3.8, 4) is 5.75 Å². The van der Waals surface area contributed by atoms with Crippen molar-refractivity contribution in [1.82, 2.24) is 10.2 Å². The van der Waals surface area contributed by atoms with Crippen molar-refractivity contribution in [1.29, 1.82) is 0 Å². The van der Waals surface area contributed by atoms with Crippen LogP contribution in [-0.4, -0.2) is 44.1 Å². The van der Waals surface area contributed by atoms with Gasteiger partial charge in [0, 0.05) is 12.0 Å². The Hall–Kier alpha value is -1.59. The summed E-state index contributed by atoms with van der Waals surface area (Å²) in [6, 6.07) is 7.42. The van der Waals surface area contributed by atoms with Crippen LogP contribution in [0.4, 0.5) is 0 Å². The van der Waals surface area contributed by atoms with E-state index in [4.69, 9.17) is 10.5 Å². The maximum absolute atomic E-state index is 12.3. The van der Waals surface area contributed by atoms with Gasteiger partial charge in [0.15, 0.2) is 0 Å². The predicted molar refractivity (Wildman–Crippen MR) is 87.8 cm³/mol. The average Bonchev–Trinajstić information content (AvgIpc) is 2.51. The molecular formula is C17H27N3O2. The van der Waals surface area contributed by atoms with Crippen LogP contribution in [0.15, 0.2) is 24.3 Å². The number of para-hydroxylation sites is 1. The Bertz CT molecular complexity index is 491. The standard InChI is InChI=1S/C17H27N3O2/c1-20(2)11-6-5-8-14(18)17(21)19-15-10-12-22-16-9-4-3-7-13(15)16/h3-4,7,9,14-15H,5-6,8,10-12,18H2,1-2H3,(H,19,21)/t14-,15+/m0/s1. The molecule has 1 heterocycles. The van der Waals surface area contributed by atoms with Crippen molar-refractivity contribution >= 4 is 5.91 Å². The van der Waals surface area contributed by atoms with Gasteiger partial charge in [-0.15, -0.1) is 0 Å². The smallest absolute Gasteiger partial charge is 0.237 e. The molecule has 1 amide bonds. The summed E-state index contributed by atoms with van der Waals surface area (Å²) in [6.45, 7) is 1.65. The largest absolute Gasteiger partial charge is 0.493 e. The van der Waals surface area contributed by atoms with Gasteiger partial charge in [0.2, 0.25) is 5.91 Å². The van der Waals surface area contributed by atoms with Gasteiger partial charge in [0.1, 0.15) is 5.75 Å². The van der Waals surface area contributed by atoms with Gasteiger partial charge in [-0.3, -0.25) is 4.79 Å². The minimum absolute atomic E-state index is 0.00488. The van der Waals surface area contributed by atoms with Crippen LogP contribution in [0.3, 0.4) is 0 Å². The van der Waals surface area contributed by atoms with Crippen LogP contribution in [0.1, 0.15) is 37.3 Å². The number of unbranched alkanes of at least 4 members (excludes halogenated alkanes) is 1. The van der Waals surface area contributed by atoms with E-state index in [9.17, 15) is 4.79 Å². The van der Waals surface area contributed by atoms with E-state index < -0.39 is 6.04 Å². The molecule has 0 spiro atoms. The molecule has 2 atom stereocenters. The maximum atomic E-state index is 12.3. The van der Waals surface area contributed by atoms with Crippen LogP contribution in [0.5, 0.6) is 5.75 Å². The van der Waals surface area contributed by atoms with Gasteiger partial charge in [-0.05, 0) is 39.5 Å². The predicted octanol–water partition coefficient (Wildman–Crippen LogP) is 1.69. The monoisotopic (exact) mass is 305 g/mol. The molecule has 2 rings (SSSR count).